The maximum absolute atomic E-state index is 12.6. The van der Waals surface area contributed by atoms with Gasteiger partial charge in [-0.05, 0) is 11.6 Å². The molecule has 38 heavy (non-hydrogen) atoms. The van der Waals surface area contributed by atoms with Crippen LogP contribution in [0.1, 0.15) is 34.1 Å². The number of thiazole rings is 1. The van der Waals surface area contributed by atoms with E-state index >= 15 is 0 Å². The van der Waals surface area contributed by atoms with Crippen LogP contribution in [0.4, 0.5) is 9.93 Å². The van der Waals surface area contributed by atoms with Gasteiger partial charge in [-0.25, -0.2) is 9.78 Å². The van der Waals surface area contributed by atoms with Crippen LogP contribution in [0.15, 0.2) is 53.9 Å². The number of carboxylic acid groups (broad SMARTS) is 1. The standard InChI is InChI=1S/C25H27N5O7S/c1-36-19-10-6-9-16(22(19)37-2)17(11-21(32)33)28-20(31)13-26-23(34)18-14-38-25(29-18)30-24(35)27-12-15-7-4-3-5-8-15/h3-10,14,17H,11-13H2,1-2H3,(H,26,34)(H,28,31)(H,32,33)(H2,27,29,30,35). The molecule has 0 aliphatic rings. The van der Waals surface area contributed by atoms with E-state index in [-0.39, 0.29) is 10.8 Å². The third-order valence-electron chi connectivity index (χ3n) is 5.19. The van der Waals surface area contributed by atoms with Crippen LogP contribution in [0, 0.1) is 0 Å². The second-order valence-corrected chi connectivity index (χ2v) is 8.67. The molecule has 1 heterocycles. The fraction of sp³-hybridized carbons (Fsp3) is 0.240. The first-order valence-electron chi connectivity index (χ1n) is 11.3. The van der Waals surface area contributed by atoms with Crippen molar-refractivity contribution in [3.8, 4) is 11.5 Å². The van der Waals surface area contributed by atoms with Crippen LogP contribution in [-0.4, -0.2) is 54.7 Å². The lowest BCUT2D eigenvalue weighted by atomic mass is 10.0. The number of carboxylic acids is 1. The minimum Gasteiger partial charge on any atom is -0.493 e. The van der Waals surface area contributed by atoms with Gasteiger partial charge in [-0.15, -0.1) is 11.3 Å². The van der Waals surface area contributed by atoms with Gasteiger partial charge in [0.15, 0.2) is 16.6 Å². The molecule has 2 aromatic carbocycles. The summed E-state index contributed by atoms with van der Waals surface area (Å²) >= 11 is 1.05. The molecule has 4 amide bonds. The topological polar surface area (TPSA) is 168 Å². The Morgan fingerprint density at radius 3 is 2.45 bits per heavy atom. The first kappa shape index (κ1) is 27.9. The average molecular weight is 542 g/mol. The fourth-order valence-electron chi connectivity index (χ4n) is 3.45. The first-order chi connectivity index (χ1) is 18.3. The lowest BCUT2D eigenvalue weighted by Crippen LogP contribution is -2.39. The molecule has 1 aromatic heterocycles. The zero-order valence-electron chi connectivity index (χ0n) is 20.6. The Morgan fingerprint density at radius 1 is 1.00 bits per heavy atom. The number of urea groups is 1. The highest BCUT2D eigenvalue weighted by atomic mass is 32.1. The summed E-state index contributed by atoms with van der Waals surface area (Å²) in [5, 5.41) is 21.3. The molecule has 5 N–H and O–H groups in total. The smallest absolute Gasteiger partial charge is 0.321 e. The summed E-state index contributed by atoms with van der Waals surface area (Å²) in [6.45, 7) is -0.107. The van der Waals surface area contributed by atoms with E-state index in [9.17, 15) is 24.3 Å². The maximum Gasteiger partial charge on any atom is 0.321 e. The van der Waals surface area contributed by atoms with Crippen LogP contribution in [0.25, 0.3) is 0 Å². The summed E-state index contributed by atoms with van der Waals surface area (Å²) in [4.78, 5) is 52.6. The van der Waals surface area contributed by atoms with Crippen molar-refractivity contribution < 1.29 is 33.8 Å². The molecule has 0 radical (unpaired) electrons. The van der Waals surface area contributed by atoms with E-state index < -0.39 is 42.8 Å². The number of para-hydroxylation sites is 1. The van der Waals surface area contributed by atoms with E-state index in [0.717, 1.165) is 16.9 Å². The van der Waals surface area contributed by atoms with Crippen LogP contribution in [0.2, 0.25) is 0 Å². The lowest BCUT2D eigenvalue weighted by Gasteiger charge is -2.21. The Kier molecular flexibility index (Phi) is 10.00. The van der Waals surface area contributed by atoms with E-state index in [4.69, 9.17) is 9.47 Å². The number of nitrogens with zero attached hydrogens (tertiary/aromatic N) is 1. The molecule has 0 saturated carbocycles. The van der Waals surface area contributed by atoms with Gasteiger partial charge in [0.25, 0.3) is 5.91 Å². The SMILES string of the molecule is COc1cccc(C(CC(=O)O)NC(=O)CNC(=O)c2csc(NC(=O)NCc3ccccc3)n2)c1OC. The second-order valence-electron chi connectivity index (χ2n) is 7.81. The number of hydrogen-bond acceptors (Lipinski definition) is 8. The number of anilines is 1. The van der Waals surface area contributed by atoms with Gasteiger partial charge in [-0.2, -0.15) is 0 Å². The van der Waals surface area contributed by atoms with Crippen molar-refractivity contribution in [3.05, 3.63) is 70.7 Å². The molecule has 12 nitrogen and oxygen atoms in total. The van der Waals surface area contributed by atoms with Gasteiger partial charge >= 0.3 is 12.0 Å². The lowest BCUT2D eigenvalue weighted by molar-refractivity contribution is -0.137. The third-order valence-corrected chi connectivity index (χ3v) is 5.94. The quantitative estimate of drug-likeness (QED) is 0.233. The van der Waals surface area contributed by atoms with Crippen molar-refractivity contribution in [1.82, 2.24) is 20.9 Å². The number of methoxy groups -OCH3 is 2. The van der Waals surface area contributed by atoms with Crippen LogP contribution in [0.3, 0.4) is 0 Å². The maximum atomic E-state index is 12.6. The second kappa shape index (κ2) is 13.6. The number of rotatable bonds is 12. The van der Waals surface area contributed by atoms with Crippen molar-refractivity contribution in [2.24, 2.45) is 0 Å². The Bertz CT molecular complexity index is 1280. The number of benzene rings is 2. The highest BCUT2D eigenvalue weighted by molar-refractivity contribution is 7.14. The van der Waals surface area contributed by atoms with Gasteiger partial charge in [-0.3, -0.25) is 19.7 Å². The molecule has 0 bridgehead atoms. The van der Waals surface area contributed by atoms with Gasteiger partial charge in [0.1, 0.15) is 5.69 Å². The minimum atomic E-state index is -1.14. The average Bonchev–Trinajstić information content (AvgIpc) is 3.38. The summed E-state index contributed by atoms with van der Waals surface area (Å²) in [6, 6.07) is 12.8. The zero-order valence-corrected chi connectivity index (χ0v) is 21.5. The molecule has 1 atom stereocenters. The van der Waals surface area contributed by atoms with Crippen LogP contribution >= 0.6 is 11.3 Å². The fourth-order valence-corrected chi connectivity index (χ4v) is 4.14. The molecule has 200 valence electrons. The summed E-state index contributed by atoms with van der Waals surface area (Å²) in [5.74, 6) is -1.73. The van der Waals surface area contributed by atoms with Gasteiger partial charge in [-0.1, -0.05) is 42.5 Å². The number of aliphatic carboxylic acids is 1. The number of ether oxygens (including phenoxy) is 2. The van der Waals surface area contributed by atoms with E-state index in [1.54, 1.807) is 18.2 Å². The van der Waals surface area contributed by atoms with Crippen molar-refractivity contribution >= 4 is 40.3 Å². The minimum absolute atomic E-state index is 0.0118. The molecule has 13 heteroatoms. The summed E-state index contributed by atoms with van der Waals surface area (Å²) in [6.07, 6.45) is -0.420. The molecule has 3 rings (SSSR count). The van der Waals surface area contributed by atoms with Crippen LogP contribution < -0.4 is 30.7 Å². The third kappa shape index (κ3) is 7.93. The molecule has 0 fully saturated rings. The molecule has 0 saturated heterocycles. The predicted octanol–water partition coefficient (Wildman–Crippen LogP) is 2.54. The summed E-state index contributed by atoms with van der Waals surface area (Å²) in [5.41, 5.74) is 1.35. The Morgan fingerprint density at radius 2 is 1.76 bits per heavy atom. The van der Waals surface area contributed by atoms with Gasteiger partial charge in [0, 0.05) is 17.5 Å². The van der Waals surface area contributed by atoms with Gasteiger partial charge in [0.2, 0.25) is 5.91 Å². The van der Waals surface area contributed by atoms with Gasteiger partial charge < -0.3 is 30.5 Å². The molecule has 0 aliphatic carbocycles. The highest BCUT2D eigenvalue weighted by Gasteiger charge is 2.24. The molecule has 0 spiro atoms. The molecular weight excluding hydrogens is 514 g/mol. The number of carbonyl (C=O) groups excluding carboxylic acids is 3. The van der Waals surface area contributed by atoms with Crippen molar-refractivity contribution in [3.63, 3.8) is 0 Å². The van der Waals surface area contributed by atoms with E-state index in [2.05, 4.69) is 26.3 Å². The van der Waals surface area contributed by atoms with Crippen molar-refractivity contribution in [2.75, 3.05) is 26.1 Å². The van der Waals surface area contributed by atoms with E-state index in [1.165, 1.54) is 19.6 Å². The number of nitrogens with one attached hydrogen (secondary N) is 4. The largest absolute Gasteiger partial charge is 0.493 e. The number of amides is 4. The monoisotopic (exact) mass is 541 g/mol. The molecular formula is C25H27N5O7S. The predicted molar refractivity (Wildman–Crippen MR) is 139 cm³/mol. The van der Waals surface area contributed by atoms with Crippen molar-refractivity contribution in [2.45, 2.75) is 19.0 Å². The molecule has 3 aromatic rings. The Labute approximate surface area is 222 Å². The number of aromatic nitrogens is 1. The normalized spacial score (nSPS) is 11.1. The molecule has 1 unspecified atom stereocenters. The Balaban J connectivity index is 1.54. The van der Waals surface area contributed by atoms with E-state index in [1.807, 2.05) is 30.3 Å². The highest BCUT2D eigenvalue weighted by Crippen LogP contribution is 2.35. The number of hydrogen-bond donors (Lipinski definition) is 5. The zero-order chi connectivity index (χ0) is 27.5. The Hall–Kier alpha value is -4.65. The van der Waals surface area contributed by atoms with Gasteiger partial charge in [0.05, 0.1) is 33.2 Å². The molecule has 0 aliphatic heterocycles. The first-order valence-corrected chi connectivity index (χ1v) is 12.2. The van der Waals surface area contributed by atoms with Crippen molar-refractivity contribution in [1.29, 1.82) is 0 Å². The van der Waals surface area contributed by atoms with Crippen LogP contribution in [0.5, 0.6) is 11.5 Å². The number of carbonyl (C=O) groups is 4. The van der Waals surface area contributed by atoms with Crippen LogP contribution in [-0.2, 0) is 16.1 Å². The van der Waals surface area contributed by atoms with E-state index in [0.29, 0.717) is 23.6 Å². The summed E-state index contributed by atoms with van der Waals surface area (Å²) in [7, 11) is 2.85. The summed E-state index contributed by atoms with van der Waals surface area (Å²) < 4.78 is 10.6.